The Morgan fingerprint density at radius 1 is 1.44 bits per heavy atom. The van der Waals surface area contributed by atoms with Crippen molar-refractivity contribution in [1.82, 2.24) is 5.32 Å². The van der Waals surface area contributed by atoms with Gasteiger partial charge in [-0.15, -0.1) is 12.3 Å². The largest absolute Gasteiger partial charge is 0.492 e. The van der Waals surface area contributed by atoms with Crippen molar-refractivity contribution in [1.29, 1.82) is 0 Å². The maximum absolute atomic E-state index is 5.79. The summed E-state index contributed by atoms with van der Waals surface area (Å²) in [7, 11) is 0. The van der Waals surface area contributed by atoms with Crippen molar-refractivity contribution < 1.29 is 4.74 Å². The van der Waals surface area contributed by atoms with E-state index in [1.165, 1.54) is 0 Å². The van der Waals surface area contributed by atoms with Crippen LogP contribution in [0.15, 0.2) is 16.6 Å². The normalized spacial score (nSPS) is 10.4. The van der Waals surface area contributed by atoms with E-state index in [1.807, 2.05) is 0 Å². The van der Waals surface area contributed by atoms with Crippen LogP contribution in [0.1, 0.15) is 31.4 Å². The van der Waals surface area contributed by atoms with Crippen LogP contribution in [0.3, 0.4) is 0 Å². The zero-order valence-electron chi connectivity index (χ0n) is 11.2. The van der Waals surface area contributed by atoms with Gasteiger partial charge in [0.2, 0.25) is 0 Å². The smallest absolute Gasteiger partial charge is 0.126 e. The summed E-state index contributed by atoms with van der Waals surface area (Å²) in [5, 5.41) is 3.41. The van der Waals surface area contributed by atoms with Gasteiger partial charge in [-0.25, -0.2) is 0 Å². The molecular formula is C15H20BrNO. The number of benzene rings is 1. The third kappa shape index (κ3) is 4.72. The first kappa shape index (κ1) is 15.1. The van der Waals surface area contributed by atoms with Crippen LogP contribution in [0.5, 0.6) is 5.75 Å². The summed E-state index contributed by atoms with van der Waals surface area (Å²) in [5.74, 6) is 3.53. The molecule has 0 aromatic heterocycles. The van der Waals surface area contributed by atoms with Crippen LogP contribution < -0.4 is 10.1 Å². The van der Waals surface area contributed by atoms with Crippen molar-refractivity contribution in [2.24, 2.45) is 0 Å². The molecule has 18 heavy (non-hydrogen) atoms. The fourth-order valence-corrected chi connectivity index (χ4v) is 2.28. The molecule has 2 nitrogen and oxygen atoms in total. The lowest BCUT2D eigenvalue weighted by Crippen LogP contribution is -2.22. The number of rotatable bonds is 6. The van der Waals surface area contributed by atoms with Crippen molar-refractivity contribution in [3.8, 4) is 18.1 Å². The van der Waals surface area contributed by atoms with Gasteiger partial charge in [0.05, 0.1) is 6.61 Å². The minimum Gasteiger partial charge on any atom is -0.492 e. The third-order valence-corrected chi connectivity index (χ3v) is 2.97. The second-order valence-electron chi connectivity index (χ2n) is 4.55. The number of ether oxygens (including phenoxy) is 1. The number of hydrogen-bond acceptors (Lipinski definition) is 2. The summed E-state index contributed by atoms with van der Waals surface area (Å²) in [6.45, 7) is 7.67. The molecule has 0 aliphatic carbocycles. The Labute approximate surface area is 118 Å². The minimum atomic E-state index is 0.447. The Morgan fingerprint density at radius 3 is 2.78 bits per heavy atom. The van der Waals surface area contributed by atoms with Crippen molar-refractivity contribution in [2.45, 2.75) is 39.8 Å². The topological polar surface area (TPSA) is 21.3 Å². The minimum absolute atomic E-state index is 0.447. The summed E-state index contributed by atoms with van der Waals surface area (Å²) in [6, 6.07) is 4.60. The molecule has 0 fully saturated rings. The highest BCUT2D eigenvalue weighted by atomic mass is 79.9. The Morgan fingerprint density at radius 2 is 2.17 bits per heavy atom. The Balaban J connectivity index is 2.87. The van der Waals surface area contributed by atoms with E-state index in [-0.39, 0.29) is 0 Å². The highest BCUT2D eigenvalue weighted by molar-refractivity contribution is 9.10. The van der Waals surface area contributed by atoms with Crippen LogP contribution in [0.2, 0.25) is 0 Å². The number of aryl methyl sites for hydroxylation is 1. The van der Waals surface area contributed by atoms with E-state index in [1.54, 1.807) is 0 Å². The monoisotopic (exact) mass is 309 g/mol. The first-order valence-electron chi connectivity index (χ1n) is 6.13. The van der Waals surface area contributed by atoms with Crippen molar-refractivity contribution in [3.05, 3.63) is 27.7 Å². The molecule has 98 valence electrons. The van der Waals surface area contributed by atoms with Crippen LogP contribution in [0.25, 0.3) is 0 Å². The second-order valence-corrected chi connectivity index (χ2v) is 5.46. The lowest BCUT2D eigenvalue weighted by atomic mass is 10.1. The highest BCUT2D eigenvalue weighted by Crippen LogP contribution is 2.28. The molecule has 1 rings (SSSR count). The maximum Gasteiger partial charge on any atom is 0.126 e. The number of halogens is 1. The van der Waals surface area contributed by atoms with Gasteiger partial charge in [-0.05, 0) is 24.6 Å². The molecule has 0 radical (unpaired) electrons. The summed E-state index contributed by atoms with van der Waals surface area (Å²) in [5.41, 5.74) is 2.29. The predicted molar refractivity (Wildman–Crippen MR) is 79.8 cm³/mol. The van der Waals surface area contributed by atoms with E-state index in [4.69, 9.17) is 11.2 Å². The van der Waals surface area contributed by atoms with Crippen molar-refractivity contribution in [3.63, 3.8) is 0 Å². The molecule has 1 N–H and O–H groups in total. The van der Waals surface area contributed by atoms with Gasteiger partial charge in [-0.1, -0.05) is 29.8 Å². The molecule has 0 spiro atoms. The predicted octanol–water partition coefficient (Wildman–Crippen LogP) is 3.66. The zero-order valence-corrected chi connectivity index (χ0v) is 12.8. The first-order chi connectivity index (χ1) is 8.54. The summed E-state index contributed by atoms with van der Waals surface area (Å²) < 4.78 is 6.87. The van der Waals surface area contributed by atoms with Gasteiger partial charge in [-0.2, -0.15) is 0 Å². The molecule has 0 atom stereocenters. The van der Waals surface area contributed by atoms with Crippen molar-refractivity contribution >= 4 is 15.9 Å². The average molecular weight is 310 g/mol. The van der Waals surface area contributed by atoms with Gasteiger partial charge in [0, 0.05) is 29.0 Å². The van der Waals surface area contributed by atoms with Gasteiger partial charge in [-0.3, -0.25) is 0 Å². The molecule has 1 aromatic carbocycles. The molecule has 0 aliphatic rings. The fourth-order valence-electron chi connectivity index (χ4n) is 1.66. The van der Waals surface area contributed by atoms with Crippen molar-refractivity contribution in [2.75, 3.05) is 6.61 Å². The first-order valence-corrected chi connectivity index (χ1v) is 6.92. The van der Waals surface area contributed by atoms with Gasteiger partial charge in [0.1, 0.15) is 5.75 Å². The average Bonchev–Trinajstić information content (AvgIpc) is 2.29. The summed E-state index contributed by atoms with van der Waals surface area (Å²) >= 11 is 3.52. The van der Waals surface area contributed by atoms with Gasteiger partial charge < -0.3 is 10.1 Å². The SMILES string of the molecule is C#CCCOc1c(C)cc(Br)cc1CNC(C)C. The molecule has 0 heterocycles. The maximum atomic E-state index is 5.79. The second kappa shape index (κ2) is 7.45. The van der Waals surface area contributed by atoms with Crippen LogP contribution >= 0.6 is 15.9 Å². The fraction of sp³-hybridized carbons (Fsp3) is 0.467. The standard InChI is InChI=1S/C15H20BrNO/c1-5-6-7-18-15-12(4)8-14(16)9-13(15)10-17-11(2)3/h1,8-9,11,17H,6-7,10H2,2-4H3. The number of hydrogen-bond donors (Lipinski definition) is 1. The summed E-state index contributed by atoms with van der Waals surface area (Å²) in [4.78, 5) is 0. The number of nitrogens with one attached hydrogen (secondary N) is 1. The molecule has 0 saturated carbocycles. The van der Waals surface area contributed by atoms with E-state index < -0.39 is 0 Å². The van der Waals surface area contributed by atoms with Crippen LogP contribution in [-0.2, 0) is 6.54 Å². The van der Waals surface area contributed by atoms with Crippen LogP contribution in [-0.4, -0.2) is 12.6 Å². The lowest BCUT2D eigenvalue weighted by molar-refractivity contribution is 0.320. The van der Waals surface area contributed by atoms with Gasteiger partial charge >= 0.3 is 0 Å². The van der Waals surface area contributed by atoms with Gasteiger partial charge in [0.25, 0.3) is 0 Å². The third-order valence-electron chi connectivity index (χ3n) is 2.51. The van der Waals surface area contributed by atoms with Crippen LogP contribution in [0.4, 0.5) is 0 Å². The Bertz CT molecular complexity index is 435. The van der Waals surface area contributed by atoms with Gasteiger partial charge in [0.15, 0.2) is 0 Å². The molecule has 0 bridgehead atoms. The Hall–Kier alpha value is -0.980. The Kier molecular flexibility index (Phi) is 6.24. The quantitative estimate of drug-likeness (QED) is 0.639. The highest BCUT2D eigenvalue weighted by Gasteiger charge is 2.09. The molecule has 0 amide bonds. The van der Waals surface area contributed by atoms with Crippen LogP contribution in [0, 0.1) is 19.3 Å². The molecule has 0 aliphatic heterocycles. The number of terminal acetylenes is 1. The lowest BCUT2D eigenvalue weighted by Gasteiger charge is -2.16. The zero-order chi connectivity index (χ0) is 13.5. The van der Waals surface area contributed by atoms with E-state index in [9.17, 15) is 0 Å². The van der Waals surface area contributed by atoms with E-state index >= 15 is 0 Å². The molecule has 1 aromatic rings. The summed E-state index contributed by atoms with van der Waals surface area (Å²) in [6.07, 6.45) is 5.87. The van der Waals surface area contributed by atoms with E-state index in [0.717, 1.165) is 27.9 Å². The molecule has 0 unspecified atom stereocenters. The van der Waals surface area contributed by atoms with E-state index in [0.29, 0.717) is 19.1 Å². The van der Waals surface area contributed by atoms with E-state index in [2.05, 4.69) is 60.1 Å². The molecule has 3 heteroatoms. The molecule has 0 saturated heterocycles. The molecular weight excluding hydrogens is 290 g/mol.